The number of hydrogen-bond donors (Lipinski definition) is 1. The highest BCUT2D eigenvalue weighted by Gasteiger charge is 2.35. The molecule has 240 valence electrons. The van der Waals surface area contributed by atoms with E-state index in [1.807, 2.05) is 38.1 Å². The lowest BCUT2D eigenvalue weighted by molar-refractivity contribution is -0.385. The molecule has 0 unspecified atom stereocenters. The number of nitro groups is 1. The van der Waals surface area contributed by atoms with Crippen molar-refractivity contribution >= 4 is 33.2 Å². The van der Waals surface area contributed by atoms with E-state index in [9.17, 15) is 28.1 Å². The number of hydrogen-bond acceptors (Lipinski definition) is 7. The predicted molar refractivity (Wildman–Crippen MR) is 172 cm³/mol. The zero-order valence-corrected chi connectivity index (χ0v) is 26.9. The van der Waals surface area contributed by atoms with Gasteiger partial charge in [-0.2, -0.15) is 0 Å². The average Bonchev–Trinajstić information content (AvgIpc) is 3.53. The molecule has 4 rings (SSSR count). The van der Waals surface area contributed by atoms with Gasteiger partial charge in [0, 0.05) is 24.2 Å². The highest BCUT2D eigenvalue weighted by molar-refractivity contribution is 7.92. The molecular weight excluding hydrogens is 596 g/mol. The normalized spacial score (nSPS) is 14.0. The van der Waals surface area contributed by atoms with Gasteiger partial charge in [0.15, 0.2) is 0 Å². The summed E-state index contributed by atoms with van der Waals surface area (Å²) in [4.78, 5) is 40.0. The number of amides is 2. The van der Waals surface area contributed by atoms with Crippen molar-refractivity contribution in [3.8, 4) is 5.75 Å². The van der Waals surface area contributed by atoms with E-state index >= 15 is 0 Å². The van der Waals surface area contributed by atoms with Crippen LogP contribution in [0.1, 0.15) is 55.7 Å². The molecule has 12 heteroatoms. The number of sulfonamides is 1. The molecular formula is C33H40N4O7S. The molecule has 0 saturated heterocycles. The second-order valence-electron chi connectivity index (χ2n) is 11.3. The van der Waals surface area contributed by atoms with Gasteiger partial charge >= 0.3 is 0 Å². The summed E-state index contributed by atoms with van der Waals surface area (Å²) >= 11 is 0. The van der Waals surface area contributed by atoms with Crippen LogP contribution in [0.15, 0.2) is 71.6 Å². The third kappa shape index (κ3) is 7.99. The summed E-state index contributed by atoms with van der Waals surface area (Å²) in [6.07, 6.45) is 4.12. The minimum Gasteiger partial charge on any atom is -0.497 e. The van der Waals surface area contributed by atoms with Crippen molar-refractivity contribution in [2.24, 2.45) is 0 Å². The molecule has 1 aliphatic carbocycles. The van der Waals surface area contributed by atoms with E-state index < -0.39 is 33.4 Å². The van der Waals surface area contributed by atoms with E-state index in [4.69, 9.17) is 4.74 Å². The van der Waals surface area contributed by atoms with Crippen LogP contribution in [0.25, 0.3) is 0 Å². The molecule has 11 nitrogen and oxygen atoms in total. The molecule has 0 heterocycles. The number of methoxy groups -OCH3 is 1. The van der Waals surface area contributed by atoms with Gasteiger partial charge in [0.05, 0.1) is 22.6 Å². The monoisotopic (exact) mass is 636 g/mol. The number of anilines is 1. The summed E-state index contributed by atoms with van der Waals surface area (Å²) in [5.41, 5.74) is 1.92. The first kappa shape index (κ1) is 33.4. The minimum atomic E-state index is -4.48. The Morgan fingerprint density at radius 1 is 1.02 bits per heavy atom. The van der Waals surface area contributed by atoms with Crippen LogP contribution in [-0.2, 0) is 26.2 Å². The molecule has 1 N–H and O–H groups in total. The summed E-state index contributed by atoms with van der Waals surface area (Å²) in [6.45, 7) is 4.72. The molecule has 1 fully saturated rings. The van der Waals surface area contributed by atoms with Crippen LogP contribution in [0, 0.1) is 24.0 Å². The maximum Gasteiger partial charge on any atom is 0.273 e. The van der Waals surface area contributed by atoms with Crippen molar-refractivity contribution in [3.05, 3.63) is 93.5 Å². The largest absolute Gasteiger partial charge is 0.497 e. The first-order chi connectivity index (χ1) is 21.4. The molecule has 0 aromatic heterocycles. The number of carbonyl (C=O) groups is 2. The van der Waals surface area contributed by atoms with E-state index in [1.54, 1.807) is 12.1 Å². The van der Waals surface area contributed by atoms with Gasteiger partial charge in [0.2, 0.25) is 11.8 Å². The van der Waals surface area contributed by atoms with Crippen LogP contribution in [0.2, 0.25) is 0 Å². The van der Waals surface area contributed by atoms with Crippen LogP contribution < -0.4 is 14.4 Å². The number of carbonyl (C=O) groups excluding carboxylic acids is 2. The molecule has 1 saturated carbocycles. The minimum absolute atomic E-state index is 0.0383. The smallest absolute Gasteiger partial charge is 0.273 e. The maximum atomic E-state index is 14.3. The quantitative estimate of drug-likeness (QED) is 0.199. The lowest BCUT2D eigenvalue weighted by Gasteiger charge is -2.33. The van der Waals surface area contributed by atoms with Crippen LogP contribution in [0.5, 0.6) is 5.75 Å². The Labute approximate surface area is 264 Å². The number of nitrogens with one attached hydrogen (secondary N) is 1. The van der Waals surface area contributed by atoms with Crippen LogP contribution >= 0.6 is 0 Å². The summed E-state index contributed by atoms with van der Waals surface area (Å²) < 4.78 is 34.5. The Morgan fingerprint density at radius 3 is 2.24 bits per heavy atom. The lowest BCUT2D eigenvalue weighted by Crippen LogP contribution is -2.53. The van der Waals surface area contributed by atoms with Crippen LogP contribution in [-0.4, -0.2) is 55.8 Å². The fraction of sp³-hybridized carbons (Fsp3) is 0.394. The number of nitro benzene ring substituents is 1. The molecule has 0 spiro atoms. The SMILES string of the molecule is CC[C@@H](C(=O)NC1CCCC1)N(Cc1ccc(C)cc1)C(=O)CN(c1ccc(OC)cc1)S(=O)(=O)c1ccc(C)c([N+](=O)[O-])c1. The van der Waals surface area contributed by atoms with Crippen molar-refractivity contribution < 1.29 is 27.7 Å². The maximum absolute atomic E-state index is 14.3. The number of benzene rings is 3. The molecule has 0 radical (unpaired) electrons. The Morgan fingerprint density at radius 2 is 1.67 bits per heavy atom. The molecule has 0 bridgehead atoms. The predicted octanol–water partition coefficient (Wildman–Crippen LogP) is 5.28. The highest BCUT2D eigenvalue weighted by Crippen LogP contribution is 2.30. The first-order valence-electron chi connectivity index (χ1n) is 15.0. The van der Waals surface area contributed by atoms with E-state index in [1.165, 1.54) is 43.2 Å². The third-order valence-electron chi connectivity index (χ3n) is 8.17. The molecule has 1 aliphatic rings. The zero-order chi connectivity index (χ0) is 32.7. The average molecular weight is 637 g/mol. The molecule has 2 amide bonds. The molecule has 45 heavy (non-hydrogen) atoms. The molecule has 3 aromatic rings. The van der Waals surface area contributed by atoms with Crippen molar-refractivity contribution in [1.29, 1.82) is 0 Å². The van der Waals surface area contributed by atoms with Crippen molar-refractivity contribution in [2.75, 3.05) is 18.0 Å². The van der Waals surface area contributed by atoms with E-state index in [0.29, 0.717) is 17.7 Å². The summed E-state index contributed by atoms with van der Waals surface area (Å²) in [5.74, 6) is -0.396. The number of rotatable bonds is 13. The summed E-state index contributed by atoms with van der Waals surface area (Å²) in [7, 11) is -3.01. The fourth-order valence-corrected chi connectivity index (χ4v) is 6.96. The van der Waals surface area contributed by atoms with Gasteiger partial charge in [-0.1, -0.05) is 55.7 Å². The fourth-order valence-electron chi connectivity index (χ4n) is 5.53. The van der Waals surface area contributed by atoms with Crippen LogP contribution in [0.4, 0.5) is 11.4 Å². The zero-order valence-electron chi connectivity index (χ0n) is 26.1. The van der Waals surface area contributed by atoms with Gasteiger partial charge in [0.1, 0.15) is 18.3 Å². The van der Waals surface area contributed by atoms with E-state index in [0.717, 1.165) is 47.2 Å². The van der Waals surface area contributed by atoms with Gasteiger partial charge < -0.3 is 15.0 Å². The van der Waals surface area contributed by atoms with Gasteiger partial charge in [0.25, 0.3) is 15.7 Å². The van der Waals surface area contributed by atoms with Gasteiger partial charge in [-0.3, -0.25) is 24.0 Å². The van der Waals surface area contributed by atoms with Gasteiger partial charge in [-0.15, -0.1) is 0 Å². The Bertz CT molecular complexity index is 1620. The van der Waals surface area contributed by atoms with E-state index in [-0.39, 0.29) is 34.8 Å². The standard InChI is InChI=1S/C33H40N4O7S/c1-5-30(33(39)34-26-8-6-7-9-26)35(21-25-13-10-23(2)11-14-25)32(38)22-36(27-15-17-28(44-4)18-16-27)45(42,43)29-19-12-24(3)31(20-29)37(40)41/h10-20,26,30H,5-9,21-22H2,1-4H3,(H,34,39)/t30-/m0/s1. The second-order valence-corrected chi connectivity index (χ2v) is 13.2. The number of aryl methyl sites for hydroxylation is 2. The topological polar surface area (TPSA) is 139 Å². The van der Waals surface area contributed by atoms with Crippen molar-refractivity contribution in [2.45, 2.75) is 76.4 Å². The molecule has 3 aromatic carbocycles. The first-order valence-corrected chi connectivity index (χ1v) is 16.5. The summed E-state index contributed by atoms with van der Waals surface area (Å²) in [5, 5.41) is 14.7. The molecule has 0 aliphatic heterocycles. The Hall–Kier alpha value is -4.45. The third-order valence-corrected chi connectivity index (χ3v) is 9.94. The van der Waals surface area contributed by atoms with Crippen LogP contribution in [0.3, 0.4) is 0 Å². The second kappa shape index (κ2) is 14.6. The van der Waals surface area contributed by atoms with Crippen molar-refractivity contribution in [1.82, 2.24) is 10.2 Å². The Balaban J connectivity index is 1.75. The summed E-state index contributed by atoms with van der Waals surface area (Å²) in [6, 6.07) is 16.5. The van der Waals surface area contributed by atoms with Gasteiger partial charge in [-0.05, 0) is 69.0 Å². The number of nitrogens with zero attached hydrogens (tertiary/aromatic N) is 3. The lowest BCUT2D eigenvalue weighted by atomic mass is 10.1. The number of ether oxygens (including phenoxy) is 1. The highest BCUT2D eigenvalue weighted by atomic mass is 32.2. The van der Waals surface area contributed by atoms with Gasteiger partial charge in [-0.25, -0.2) is 8.42 Å². The Kier molecular flexibility index (Phi) is 10.8. The van der Waals surface area contributed by atoms with Crippen molar-refractivity contribution in [3.63, 3.8) is 0 Å². The van der Waals surface area contributed by atoms with E-state index in [2.05, 4.69) is 5.32 Å². The molecule has 1 atom stereocenters.